The average Bonchev–Trinajstić information content (AvgIpc) is 3.09. The minimum Gasteiger partial charge on any atom is -0.349 e. The summed E-state index contributed by atoms with van der Waals surface area (Å²) in [5, 5.41) is 13.4. The van der Waals surface area contributed by atoms with Crippen molar-refractivity contribution >= 4 is 27.0 Å². The minimum atomic E-state index is -3.53. The van der Waals surface area contributed by atoms with E-state index in [9.17, 15) is 13.2 Å². The highest BCUT2D eigenvalue weighted by Gasteiger charge is 2.15. The van der Waals surface area contributed by atoms with Gasteiger partial charge in [-0.15, -0.1) is 0 Å². The molecule has 1 unspecified atom stereocenters. The van der Waals surface area contributed by atoms with Crippen LogP contribution in [0.5, 0.6) is 0 Å². The quantitative estimate of drug-likeness (QED) is 0.602. The molecule has 1 aromatic heterocycles. The Morgan fingerprint density at radius 3 is 2.69 bits per heavy atom. The summed E-state index contributed by atoms with van der Waals surface area (Å²) in [4.78, 5) is 12.5. The number of amides is 1. The maximum Gasteiger partial charge on any atom is 0.240 e. The molecule has 2 aromatic carbocycles. The smallest absolute Gasteiger partial charge is 0.240 e. The fourth-order valence-electron chi connectivity index (χ4n) is 2.63. The van der Waals surface area contributed by atoms with E-state index in [-0.39, 0.29) is 23.3 Å². The third-order valence-electron chi connectivity index (χ3n) is 4.06. The Balaban J connectivity index is 1.70. The van der Waals surface area contributed by atoms with Crippen LogP contribution in [0.15, 0.2) is 47.4 Å². The lowest BCUT2D eigenvalue weighted by Gasteiger charge is -2.15. The molecule has 0 aliphatic rings. The van der Waals surface area contributed by atoms with Crippen LogP contribution in [-0.2, 0) is 21.2 Å². The van der Waals surface area contributed by atoms with Crippen LogP contribution in [0.1, 0.15) is 24.1 Å². The molecule has 0 spiro atoms. The molecule has 9 heteroatoms. The Kier molecular flexibility index (Phi) is 5.01. The van der Waals surface area contributed by atoms with Gasteiger partial charge in [-0.3, -0.25) is 4.79 Å². The normalized spacial score (nSPS) is 12.8. The van der Waals surface area contributed by atoms with Crippen molar-refractivity contribution in [3.05, 3.63) is 53.6 Å². The highest BCUT2D eigenvalue weighted by atomic mass is 32.2. The summed E-state index contributed by atoms with van der Waals surface area (Å²) >= 11 is 0. The Hall–Kier alpha value is -2.78. The van der Waals surface area contributed by atoms with Crippen LogP contribution in [0.3, 0.4) is 0 Å². The molecule has 1 amide bonds. The topological polar surface area (TPSA) is 117 Å². The monoisotopic (exact) mass is 373 g/mol. The Morgan fingerprint density at radius 2 is 1.92 bits per heavy atom. The molecule has 3 rings (SSSR count). The van der Waals surface area contributed by atoms with Crippen molar-refractivity contribution in [1.29, 1.82) is 0 Å². The molecule has 26 heavy (non-hydrogen) atoms. The van der Waals surface area contributed by atoms with Crippen LogP contribution < -0.4 is 10.0 Å². The van der Waals surface area contributed by atoms with Gasteiger partial charge >= 0.3 is 0 Å². The zero-order chi connectivity index (χ0) is 18.7. The van der Waals surface area contributed by atoms with Gasteiger partial charge in [0.1, 0.15) is 11.0 Å². The molecule has 0 aliphatic heterocycles. The Bertz CT molecular complexity index is 1050. The summed E-state index contributed by atoms with van der Waals surface area (Å²) < 4.78 is 26.1. The predicted molar refractivity (Wildman–Crippen MR) is 96.8 cm³/mol. The van der Waals surface area contributed by atoms with Gasteiger partial charge < -0.3 is 5.32 Å². The van der Waals surface area contributed by atoms with Gasteiger partial charge in [0, 0.05) is 0 Å². The number of hydrogen-bond donors (Lipinski definition) is 3. The van der Waals surface area contributed by atoms with Crippen molar-refractivity contribution in [3.63, 3.8) is 0 Å². The Morgan fingerprint density at radius 1 is 1.15 bits per heavy atom. The van der Waals surface area contributed by atoms with Crippen molar-refractivity contribution in [3.8, 4) is 0 Å². The summed E-state index contributed by atoms with van der Waals surface area (Å²) in [6.45, 7) is 1.81. The zero-order valence-electron chi connectivity index (χ0n) is 14.4. The number of aromatic nitrogens is 3. The number of carbonyl (C=O) groups excluding carboxylic acids is 1. The largest absolute Gasteiger partial charge is 0.349 e. The molecule has 0 aliphatic carbocycles. The summed E-state index contributed by atoms with van der Waals surface area (Å²) in [6, 6.07) is 11.6. The Labute approximate surface area is 151 Å². The number of carbonyl (C=O) groups is 1. The third kappa shape index (κ3) is 3.89. The minimum absolute atomic E-state index is 0.162. The van der Waals surface area contributed by atoms with Crippen molar-refractivity contribution in [2.24, 2.45) is 0 Å². The van der Waals surface area contributed by atoms with Crippen LogP contribution in [0, 0.1) is 0 Å². The molecule has 8 nitrogen and oxygen atoms in total. The van der Waals surface area contributed by atoms with E-state index in [1.807, 2.05) is 19.1 Å². The summed E-state index contributed by atoms with van der Waals surface area (Å²) in [7, 11) is -2.16. The van der Waals surface area contributed by atoms with Gasteiger partial charge in [0.15, 0.2) is 0 Å². The standard InChI is InChI=1S/C17H19N5O3S/c1-11(13-4-3-5-14(10-13)26(24,25)18-2)19-17(23)9-12-6-7-15-16(8-12)21-22-20-15/h3-8,10-11,18H,9H2,1-2H3,(H,19,23)(H,20,21,22). The number of rotatable bonds is 6. The van der Waals surface area contributed by atoms with Gasteiger partial charge in [-0.1, -0.05) is 18.2 Å². The van der Waals surface area contributed by atoms with Crippen molar-refractivity contribution in [1.82, 2.24) is 25.4 Å². The number of hydrogen-bond acceptors (Lipinski definition) is 5. The molecular formula is C17H19N5O3S. The molecule has 0 saturated carbocycles. The first-order valence-electron chi connectivity index (χ1n) is 8.01. The van der Waals surface area contributed by atoms with Gasteiger partial charge in [-0.05, 0) is 49.4 Å². The molecule has 0 saturated heterocycles. The van der Waals surface area contributed by atoms with Crippen molar-refractivity contribution in [2.75, 3.05) is 7.05 Å². The van der Waals surface area contributed by atoms with Gasteiger partial charge in [0.2, 0.25) is 15.9 Å². The second-order valence-corrected chi connectivity index (χ2v) is 7.78. The first kappa shape index (κ1) is 18.0. The van der Waals surface area contributed by atoms with E-state index >= 15 is 0 Å². The van der Waals surface area contributed by atoms with Crippen LogP contribution in [0.2, 0.25) is 0 Å². The van der Waals surface area contributed by atoms with Crippen LogP contribution in [0.25, 0.3) is 11.0 Å². The zero-order valence-corrected chi connectivity index (χ0v) is 15.2. The number of sulfonamides is 1. The van der Waals surface area contributed by atoms with E-state index < -0.39 is 10.0 Å². The van der Waals surface area contributed by atoms with Crippen molar-refractivity contribution < 1.29 is 13.2 Å². The van der Waals surface area contributed by atoms with E-state index in [1.165, 1.54) is 13.1 Å². The van der Waals surface area contributed by atoms with E-state index in [0.29, 0.717) is 11.1 Å². The van der Waals surface area contributed by atoms with E-state index in [4.69, 9.17) is 0 Å². The number of nitrogens with one attached hydrogen (secondary N) is 3. The maximum absolute atomic E-state index is 12.3. The van der Waals surface area contributed by atoms with Crippen LogP contribution in [-0.4, -0.2) is 36.8 Å². The van der Waals surface area contributed by atoms with E-state index in [2.05, 4.69) is 25.4 Å². The van der Waals surface area contributed by atoms with E-state index in [0.717, 1.165) is 11.1 Å². The highest BCUT2D eigenvalue weighted by Crippen LogP contribution is 2.18. The number of fused-ring (bicyclic) bond motifs is 1. The molecule has 3 N–H and O–H groups in total. The van der Waals surface area contributed by atoms with Crippen LogP contribution >= 0.6 is 0 Å². The predicted octanol–water partition coefficient (Wildman–Crippen LogP) is 1.29. The van der Waals surface area contributed by atoms with Crippen molar-refractivity contribution in [2.45, 2.75) is 24.3 Å². The molecule has 0 fully saturated rings. The van der Waals surface area contributed by atoms with Gasteiger partial charge in [-0.25, -0.2) is 13.1 Å². The highest BCUT2D eigenvalue weighted by molar-refractivity contribution is 7.89. The number of aromatic amines is 1. The number of nitrogens with zero attached hydrogens (tertiary/aromatic N) is 2. The second kappa shape index (κ2) is 7.22. The average molecular weight is 373 g/mol. The summed E-state index contributed by atoms with van der Waals surface area (Å²) in [6.07, 6.45) is 0.196. The lowest BCUT2D eigenvalue weighted by molar-refractivity contribution is -0.121. The van der Waals surface area contributed by atoms with Crippen LogP contribution in [0.4, 0.5) is 0 Å². The molecule has 3 aromatic rings. The first-order valence-corrected chi connectivity index (χ1v) is 9.49. The van der Waals surface area contributed by atoms with Gasteiger partial charge in [0.05, 0.1) is 17.4 Å². The molecule has 1 heterocycles. The molecule has 0 radical (unpaired) electrons. The van der Waals surface area contributed by atoms with Gasteiger partial charge in [0.25, 0.3) is 0 Å². The van der Waals surface area contributed by atoms with E-state index in [1.54, 1.807) is 24.3 Å². The molecule has 136 valence electrons. The lowest BCUT2D eigenvalue weighted by Crippen LogP contribution is -2.28. The lowest BCUT2D eigenvalue weighted by atomic mass is 10.1. The number of H-pyrrole nitrogens is 1. The van der Waals surface area contributed by atoms with Gasteiger partial charge in [-0.2, -0.15) is 15.4 Å². The molecular weight excluding hydrogens is 354 g/mol. The fraction of sp³-hybridized carbons (Fsp3) is 0.235. The second-order valence-electron chi connectivity index (χ2n) is 5.89. The SMILES string of the molecule is CNS(=O)(=O)c1cccc(C(C)NC(=O)Cc2ccc3n[nH]nc3c2)c1. The maximum atomic E-state index is 12.3. The number of benzene rings is 2. The first-order chi connectivity index (χ1) is 12.4. The fourth-order valence-corrected chi connectivity index (χ4v) is 3.41. The third-order valence-corrected chi connectivity index (χ3v) is 5.47. The molecule has 0 bridgehead atoms. The summed E-state index contributed by atoms with van der Waals surface area (Å²) in [5.41, 5.74) is 2.97. The molecule has 1 atom stereocenters. The summed E-state index contributed by atoms with van der Waals surface area (Å²) in [5.74, 6) is -0.165.